The fourth-order valence-corrected chi connectivity index (χ4v) is 3.26. The van der Waals surface area contributed by atoms with Gasteiger partial charge in [0, 0.05) is 24.5 Å². The number of hydrogen-bond donors (Lipinski definition) is 1. The molecule has 7 heteroatoms. The molecule has 1 aliphatic rings. The summed E-state index contributed by atoms with van der Waals surface area (Å²) < 4.78 is 5.16. The van der Waals surface area contributed by atoms with E-state index in [1.165, 1.54) is 0 Å². The van der Waals surface area contributed by atoms with Crippen molar-refractivity contribution in [2.24, 2.45) is 0 Å². The molecule has 7 nitrogen and oxygen atoms in total. The van der Waals surface area contributed by atoms with Crippen molar-refractivity contribution in [2.75, 3.05) is 25.1 Å². The number of H-pyrrole nitrogens is 1. The standard InChI is InChI=1S/C19H24N4O3/c1-4-5-17-16(12-20-21-17)19(25)22-10-11-23(18(24)13(22)2)14-6-8-15(26-3)9-7-14/h6-9,12-13H,4-5,10-11H2,1-3H3,(H,20,21). The van der Waals surface area contributed by atoms with Crippen molar-refractivity contribution in [3.63, 3.8) is 0 Å². The number of ether oxygens (including phenoxy) is 1. The van der Waals surface area contributed by atoms with Crippen LogP contribution < -0.4 is 9.64 Å². The van der Waals surface area contributed by atoms with Crippen LogP contribution in [0.25, 0.3) is 0 Å². The van der Waals surface area contributed by atoms with Crippen molar-refractivity contribution in [1.29, 1.82) is 0 Å². The lowest BCUT2D eigenvalue weighted by Gasteiger charge is -2.39. The molecule has 138 valence electrons. The van der Waals surface area contributed by atoms with Crippen LogP contribution in [0.5, 0.6) is 5.75 Å². The molecule has 1 aromatic heterocycles. The van der Waals surface area contributed by atoms with Gasteiger partial charge in [-0.3, -0.25) is 14.7 Å². The average Bonchev–Trinajstić information content (AvgIpc) is 3.12. The number of benzene rings is 1. The number of piperazine rings is 1. The van der Waals surface area contributed by atoms with Crippen molar-refractivity contribution in [2.45, 2.75) is 32.7 Å². The van der Waals surface area contributed by atoms with Crippen molar-refractivity contribution in [3.05, 3.63) is 41.7 Å². The number of nitrogens with zero attached hydrogens (tertiary/aromatic N) is 3. The van der Waals surface area contributed by atoms with E-state index < -0.39 is 6.04 Å². The molecule has 0 spiro atoms. The molecule has 1 saturated heterocycles. The summed E-state index contributed by atoms with van der Waals surface area (Å²) in [6.07, 6.45) is 3.23. The van der Waals surface area contributed by atoms with Crippen molar-refractivity contribution >= 4 is 17.5 Å². The molecule has 0 bridgehead atoms. The Morgan fingerprint density at radius 1 is 1.31 bits per heavy atom. The minimum absolute atomic E-state index is 0.0877. The molecule has 1 atom stereocenters. The number of nitrogens with one attached hydrogen (secondary N) is 1. The summed E-state index contributed by atoms with van der Waals surface area (Å²) in [6.45, 7) is 4.76. The summed E-state index contributed by atoms with van der Waals surface area (Å²) in [7, 11) is 1.61. The molecule has 2 amide bonds. The van der Waals surface area contributed by atoms with Crippen LogP contribution in [0.1, 0.15) is 36.3 Å². The number of methoxy groups -OCH3 is 1. The maximum Gasteiger partial charge on any atom is 0.258 e. The van der Waals surface area contributed by atoms with E-state index in [0.717, 1.165) is 30.0 Å². The summed E-state index contributed by atoms with van der Waals surface area (Å²) in [5, 5.41) is 6.89. The number of amides is 2. The predicted molar refractivity (Wildman–Crippen MR) is 98.4 cm³/mol. The highest BCUT2D eigenvalue weighted by atomic mass is 16.5. The quantitative estimate of drug-likeness (QED) is 0.891. The molecule has 0 saturated carbocycles. The number of aromatic nitrogens is 2. The third-order valence-electron chi connectivity index (χ3n) is 4.75. The Labute approximate surface area is 152 Å². The summed E-state index contributed by atoms with van der Waals surface area (Å²) >= 11 is 0. The highest BCUT2D eigenvalue weighted by Crippen LogP contribution is 2.24. The fourth-order valence-electron chi connectivity index (χ4n) is 3.26. The first-order valence-corrected chi connectivity index (χ1v) is 8.85. The van der Waals surface area contributed by atoms with E-state index in [1.54, 1.807) is 30.0 Å². The smallest absolute Gasteiger partial charge is 0.258 e. The van der Waals surface area contributed by atoms with Crippen molar-refractivity contribution in [3.8, 4) is 5.75 Å². The second-order valence-corrected chi connectivity index (χ2v) is 6.37. The van der Waals surface area contributed by atoms with E-state index in [1.807, 2.05) is 24.3 Å². The molecule has 2 aromatic rings. The number of carbonyl (C=O) groups excluding carboxylic acids is 2. The SMILES string of the molecule is CCCc1[nH]ncc1C(=O)N1CCN(c2ccc(OC)cc2)C(=O)C1C. The molecule has 1 fully saturated rings. The van der Waals surface area contributed by atoms with Gasteiger partial charge in [0.05, 0.1) is 18.9 Å². The Kier molecular flexibility index (Phi) is 5.25. The number of carbonyl (C=O) groups is 2. The Morgan fingerprint density at radius 2 is 2.04 bits per heavy atom. The molecule has 0 aliphatic carbocycles. The van der Waals surface area contributed by atoms with Crippen LogP contribution in [0.15, 0.2) is 30.5 Å². The van der Waals surface area contributed by atoms with E-state index in [-0.39, 0.29) is 11.8 Å². The highest BCUT2D eigenvalue weighted by molar-refractivity contribution is 6.03. The number of rotatable bonds is 5. The van der Waals surface area contributed by atoms with Gasteiger partial charge < -0.3 is 14.5 Å². The molecule has 2 heterocycles. The summed E-state index contributed by atoms with van der Waals surface area (Å²) in [4.78, 5) is 29.1. The van der Waals surface area contributed by atoms with E-state index >= 15 is 0 Å². The van der Waals surface area contributed by atoms with Crippen molar-refractivity contribution in [1.82, 2.24) is 15.1 Å². The van der Waals surface area contributed by atoms with Gasteiger partial charge in [0.25, 0.3) is 5.91 Å². The zero-order chi connectivity index (χ0) is 18.7. The van der Waals surface area contributed by atoms with E-state index in [4.69, 9.17) is 4.74 Å². The third kappa shape index (κ3) is 3.29. The van der Waals surface area contributed by atoms with Gasteiger partial charge in [0.1, 0.15) is 11.8 Å². The topological polar surface area (TPSA) is 78.5 Å². The van der Waals surface area contributed by atoms with E-state index in [9.17, 15) is 9.59 Å². The zero-order valence-corrected chi connectivity index (χ0v) is 15.4. The number of anilines is 1. The van der Waals surface area contributed by atoms with Gasteiger partial charge in [-0.15, -0.1) is 0 Å². The molecule has 3 rings (SSSR count). The minimum atomic E-state index is -0.525. The first-order chi connectivity index (χ1) is 12.6. The monoisotopic (exact) mass is 356 g/mol. The molecule has 1 aliphatic heterocycles. The molecular weight excluding hydrogens is 332 g/mol. The Balaban J connectivity index is 1.76. The Bertz CT molecular complexity index is 784. The van der Waals surface area contributed by atoms with Gasteiger partial charge in [-0.25, -0.2) is 0 Å². The molecule has 1 N–H and O–H groups in total. The fraction of sp³-hybridized carbons (Fsp3) is 0.421. The maximum atomic E-state index is 12.9. The van der Waals surface area contributed by atoms with E-state index in [0.29, 0.717) is 18.7 Å². The van der Waals surface area contributed by atoms with Crippen LogP contribution >= 0.6 is 0 Å². The normalized spacial score (nSPS) is 17.5. The summed E-state index contributed by atoms with van der Waals surface area (Å²) in [5.74, 6) is 0.513. The molecule has 26 heavy (non-hydrogen) atoms. The van der Waals surface area contributed by atoms with E-state index in [2.05, 4.69) is 17.1 Å². The van der Waals surface area contributed by atoms with Crippen LogP contribution in [-0.2, 0) is 11.2 Å². The molecular formula is C19H24N4O3. The van der Waals surface area contributed by atoms with Crippen LogP contribution in [0.2, 0.25) is 0 Å². The van der Waals surface area contributed by atoms with Gasteiger partial charge in [-0.05, 0) is 37.6 Å². The lowest BCUT2D eigenvalue weighted by Crippen LogP contribution is -2.57. The second-order valence-electron chi connectivity index (χ2n) is 6.37. The summed E-state index contributed by atoms with van der Waals surface area (Å²) in [6, 6.07) is 6.84. The lowest BCUT2D eigenvalue weighted by molar-refractivity contribution is -0.124. The number of hydrogen-bond acceptors (Lipinski definition) is 4. The Hall–Kier alpha value is -2.83. The predicted octanol–water partition coefficient (Wildman–Crippen LogP) is 2.25. The highest BCUT2D eigenvalue weighted by Gasteiger charge is 2.36. The lowest BCUT2D eigenvalue weighted by atomic mass is 10.1. The van der Waals surface area contributed by atoms with Crippen LogP contribution in [0, 0.1) is 0 Å². The maximum absolute atomic E-state index is 12.9. The van der Waals surface area contributed by atoms with Gasteiger partial charge in [0.15, 0.2) is 0 Å². The third-order valence-corrected chi connectivity index (χ3v) is 4.75. The molecule has 0 radical (unpaired) electrons. The first kappa shape index (κ1) is 18.0. The van der Waals surface area contributed by atoms with Crippen LogP contribution in [0.4, 0.5) is 5.69 Å². The molecule has 1 unspecified atom stereocenters. The van der Waals surface area contributed by atoms with Crippen LogP contribution in [0.3, 0.4) is 0 Å². The largest absolute Gasteiger partial charge is 0.497 e. The van der Waals surface area contributed by atoms with Gasteiger partial charge in [-0.2, -0.15) is 5.10 Å². The minimum Gasteiger partial charge on any atom is -0.497 e. The Morgan fingerprint density at radius 3 is 2.69 bits per heavy atom. The van der Waals surface area contributed by atoms with Gasteiger partial charge in [-0.1, -0.05) is 13.3 Å². The average molecular weight is 356 g/mol. The summed E-state index contributed by atoms with van der Waals surface area (Å²) in [5.41, 5.74) is 2.20. The molecule has 1 aromatic carbocycles. The number of aromatic amines is 1. The van der Waals surface area contributed by atoms with Crippen LogP contribution in [-0.4, -0.2) is 53.2 Å². The number of aryl methyl sites for hydroxylation is 1. The van der Waals surface area contributed by atoms with Crippen molar-refractivity contribution < 1.29 is 14.3 Å². The van der Waals surface area contributed by atoms with Gasteiger partial charge >= 0.3 is 0 Å². The second kappa shape index (κ2) is 7.59. The zero-order valence-electron chi connectivity index (χ0n) is 15.4. The van der Waals surface area contributed by atoms with Gasteiger partial charge in [0.2, 0.25) is 5.91 Å². The first-order valence-electron chi connectivity index (χ1n) is 8.85.